The van der Waals surface area contributed by atoms with Gasteiger partial charge in [-0.1, -0.05) is 222 Å². The van der Waals surface area contributed by atoms with Crippen molar-refractivity contribution < 1.29 is 42.1 Å². The molecule has 70 heavy (non-hydrogen) atoms. The monoisotopic (exact) mass is 1000 g/mol. The fourth-order valence-electron chi connectivity index (χ4n) is 7.99. The Labute approximate surface area is 432 Å². The van der Waals surface area contributed by atoms with Crippen molar-refractivity contribution in [2.24, 2.45) is 0 Å². The number of ether oxygens (including phenoxy) is 2. The van der Waals surface area contributed by atoms with E-state index >= 15 is 0 Å². The first-order chi connectivity index (χ1) is 34.0. The van der Waals surface area contributed by atoms with E-state index in [2.05, 4.69) is 74.6 Å². The summed E-state index contributed by atoms with van der Waals surface area (Å²) in [5, 5.41) is 0. The SMILES string of the molecule is CCCCC/C=C\C/C=C\CCCCCCCCCCCC(=O)OCC(COP(=O)(O)OCC[N+](C)(C)C)OC(=O)CCCCCCCCCCCCCC/C=C\C/C=C\C/C=C\CCCCCCC. The summed E-state index contributed by atoms with van der Waals surface area (Å²) in [5.74, 6) is -0.799. The highest BCUT2D eigenvalue weighted by molar-refractivity contribution is 7.47. The Morgan fingerprint density at radius 3 is 1.17 bits per heavy atom. The summed E-state index contributed by atoms with van der Waals surface area (Å²) in [6.07, 6.45) is 65.6. The summed E-state index contributed by atoms with van der Waals surface area (Å²) in [7, 11) is 1.47. The van der Waals surface area contributed by atoms with E-state index in [4.69, 9.17) is 18.5 Å². The molecule has 0 aromatic heterocycles. The van der Waals surface area contributed by atoms with Gasteiger partial charge in [-0.3, -0.25) is 18.6 Å². The van der Waals surface area contributed by atoms with Crippen molar-refractivity contribution in [1.29, 1.82) is 0 Å². The molecule has 2 unspecified atom stereocenters. The van der Waals surface area contributed by atoms with E-state index in [9.17, 15) is 19.0 Å². The molecule has 0 aliphatic rings. The smallest absolute Gasteiger partial charge is 0.462 e. The van der Waals surface area contributed by atoms with Crippen molar-refractivity contribution in [3.63, 3.8) is 0 Å². The zero-order valence-electron chi connectivity index (χ0n) is 46.2. The van der Waals surface area contributed by atoms with E-state index in [1.165, 1.54) is 167 Å². The van der Waals surface area contributed by atoms with E-state index in [1.807, 2.05) is 21.1 Å². The fraction of sp³-hybridized carbons (Fsp3) is 0.800. The molecule has 0 aromatic carbocycles. The molecule has 0 radical (unpaired) electrons. The van der Waals surface area contributed by atoms with Gasteiger partial charge in [0.05, 0.1) is 27.7 Å². The number of carbonyl (C=O) groups excluding carboxylic acids is 2. The molecule has 0 aliphatic heterocycles. The van der Waals surface area contributed by atoms with Crippen LogP contribution in [0.1, 0.15) is 258 Å². The summed E-state index contributed by atoms with van der Waals surface area (Å²) < 4.78 is 34.6. The third-order valence-electron chi connectivity index (χ3n) is 12.5. The minimum absolute atomic E-state index is 0.0293. The number of hydrogen-bond donors (Lipinski definition) is 1. The third kappa shape index (κ3) is 55.0. The van der Waals surface area contributed by atoms with Gasteiger partial charge in [0.25, 0.3) is 0 Å². The van der Waals surface area contributed by atoms with Crippen LogP contribution in [-0.4, -0.2) is 74.9 Å². The molecule has 2 atom stereocenters. The lowest BCUT2D eigenvalue weighted by Crippen LogP contribution is -2.37. The molecule has 0 rings (SSSR count). The van der Waals surface area contributed by atoms with E-state index < -0.39 is 26.5 Å². The summed E-state index contributed by atoms with van der Waals surface area (Å²) in [6.45, 7) is 4.41. The summed E-state index contributed by atoms with van der Waals surface area (Å²) >= 11 is 0. The molecule has 9 nitrogen and oxygen atoms in total. The minimum Gasteiger partial charge on any atom is -0.462 e. The summed E-state index contributed by atoms with van der Waals surface area (Å²) in [5.41, 5.74) is 0. The lowest BCUT2D eigenvalue weighted by atomic mass is 10.0. The maximum atomic E-state index is 12.8. The van der Waals surface area contributed by atoms with Crippen molar-refractivity contribution in [1.82, 2.24) is 0 Å². The molecule has 10 heteroatoms. The number of esters is 2. The second kappa shape index (κ2) is 51.6. The number of allylic oxidation sites excluding steroid dienone is 10. The molecule has 0 amide bonds. The minimum atomic E-state index is -4.39. The maximum Gasteiger partial charge on any atom is 0.472 e. The van der Waals surface area contributed by atoms with Crippen molar-refractivity contribution in [2.75, 3.05) is 47.5 Å². The molecule has 0 aromatic rings. The van der Waals surface area contributed by atoms with Gasteiger partial charge in [0.1, 0.15) is 19.8 Å². The Kier molecular flexibility index (Phi) is 49.9. The van der Waals surface area contributed by atoms with E-state index in [1.54, 1.807) is 0 Å². The Bertz CT molecular complexity index is 1370. The van der Waals surface area contributed by atoms with Crippen LogP contribution in [0.3, 0.4) is 0 Å². The topological polar surface area (TPSA) is 108 Å². The van der Waals surface area contributed by atoms with Crippen molar-refractivity contribution in [3.05, 3.63) is 60.8 Å². The quantitative estimate of drug-likeness (QED) is 0.0211. The Morgan fingerprint density at radius 1 is 0.443 bits per heavy atom. The van der Waals surface area contributed by atoms with Gasteiger partial charge in [0, 0.05) is 12.8 Å². The van der Waals surface area contributed by atoms with Gasteiger partial charge in [0.2, 0.25) is 0 Å². The molecule has 0 bridgehead atoms. The standard InChI is InChI=1S/C60H110NO8P/c1-6-8-10-12-14-16-18-20-22-24-26-27-28-29-30-31-32-33-35-37-39-41-43-45-47-49-51-53-60(63)69-58(57-68-70(64,65)67-55-54-61(3,4)5)56-66-59(62)52-50-48-46-44-42-40-38-36-34-25-23-21-19-17-15-13-11-9-7-2/h15,17-18,20-21,23-24,26,28-29,58H,6-14,16,19,22,25,27,30-57H2,1-5H3/p+1/b17-15-,20-18-,23-21-,26-24-,29-28-. The lowest BCUT2D eigenvalue weighted by Gasteiger charge is -2.24. The number of phosphoric acid groups is 1. The number of phosphoric ester groups is 1. The molecule has 0 spiro atoms. The van der Waals surface area contributed by atoms with E-state index in [0.29, 0.717) is 17.4 Å². The van der Waals surface area contributed by atoms with Gasteiger partial charge in [-0.2, -0.15) is 0 Å². The predicted molar refractivity (Wildman–Crippen MR) is 298 cm³/mol. The highest BCUT2D eigenvalue weighted by atomic mass is 31.2. The molecule has 0 heterocycles. The van der Waals surface area contributed by atoms with E-state index in [-0.39, 0.29) is 32.0 Å². The normalized spacial score (nSPS) is 13.7. The highest BCUT2D eigenvalue weighted by Gasteiger charge is 2.27. The van der Waals surface area contributed by atoms with Crippen LogP contribution in [-0.2, 0) is 32.7 Å². The molecular formula is C60H111NO8P+. The molecule has 0 saturated heterocycles. The number of nitrogens with zero attached hydrogens (tertiary/aromatic N) is 1. The van der Waals surface area contributed by atoms with E-state index in [0.717, 1.165) is 57.8 Å². The number of unbranched alkanes of at least 4 members (excludes halogenated alkanes) is 29. The average molecular weight is 1010 g/mol. The van der Waals surface area contributed by atoms with Crippen LogP contribution in [0.5, 0.6) is 0 Å². The van der Waals surface area contributed by atoms with Crippen LogP contribution in [0.2, 0.25) is 0 Å². The molecule has 1 N–H and O–H groups in total. The first kappa shape index (κ1) is 67.7. The largest absolute Gasteiger partial charge is 0.472 e. The Morgan fingerprint density at radius 2 is 0.771 bits per heavy atom. The Balaban J connectivity index is 4.17. The van der Waals surface area contributed by atoms with Crippen LogP contribution in [0.25, 0.3) is 0 Å². The first-order valence-electron chi connectivity index (χ1n) is 29.0. The van der Waals surface area contributed by atoms with Crippen LogP contribution < -0.4 is 0 Å². The molecule has 0 aliphatic carbocycles. The van der Waals surface area contributed by atoms with Crippen LogP contribution in [0.4, 0.5) is 0 Å². The van der Waals surface area contributed by atoms with Gasteiger partial charge in [-0.15, -0.1) is 0 Å². The number of likely N-dealkylation sites (N-methyl/N-ethyl adjacent to an activating group) is 1. The Hall–Kier alpha value is -2.29. The van der Waals surface area contributed by atoms with Gasteiger partial charge in [-0.05, 0) is 83.5 Å². The lowest BCUT2D eigenvalue weighted by molar-refractivity contribution is -0.870. The van der Waals surface area contributed by atoms with Crippen molar-refractivity contribution >= 4 is 19.8 Å². The molecular weight excluding hydrogens is 894 g/mol. The number of hydrogen-bond acceptors (Lipinski definition) is 7. The molecule has 0 fully saturated rings. The summed E-state index contributed by atoms with van der Waals surface area (Å²) in [4.78, 5) is 35.7. The second-order valence-electron chi connectivity index (χ2n) is 20.7. The van der Waals surface area contributed by atoms with Gasteiger partial charge in [0.15, 0.2) is 6.10 Å². The average Bonchev–Trinajstić information content (AvgIpc) is 3.32. The first-order valence-corrected chi connectivity index (χ1v) is 30.5. The van der Waals surface area contributed by atoms with Crippen molar-refractivity contribution in [3.8, 4) is 0 Å². The summed E-state index contributed by atoms with van der Waals surface area (Å²) in [6, 6.07) is 0. The van der Waals surface area contributed by atoms with Gasteiger partial charge >= 0.3 is 19.8 Å². The number of carbonyl (C=O) groups is 2. The maximum absolute atomic E-state index is 12.8. The van der Waals surface area contributed by atoms with Crippen LogP contribution in [0.15, 0.2) is 60.8 Å². The van der Waals surface area contributed by atoms with Crippen molar-refractivity contribution in [2.45, 2.75) is 264 Å². The van der Waals surface area contributed by atoms with Gasteiger partial charge < -0.3 is 18.9 Å². The predicted octanol–water partition coefficient (Wildman–Crippen LogP) is 17.9. The highest BCUT2D eigenvalue weighted by Crippen LogP contribution is 2.43. The second-order valence-corrected chi connectivity index (χ2v) is 22.1. The molecule has 408 valence electrons. The number of quaternary nitrogens is 1. The molecule has 0 saturated carbocycles. The zero-order valence-corrected chi connectivity index (χ0v) is 47.1. The third-order valence-corrected chi connectivity index (χ3v) is 13.5. The fourth-order valence-corrected chi connectivity index (χ4v) is 8.74. The van der Waals surface area contributed by atoms with Crippen LogP contribution >= 0.6 is 7.82 Å². The number of rotatable bonds is 53. The van der Waals surface area contributed by atoms with Crippen LogP contribution in [0, 0.1) is 0 Å². The zero-order chi connectivity index (χ0) is 51.3. The van der Waals surface area contributed by atoms with Gasteiger partial charge in [-0.25, -0.2) is 4.57 Å².